The minimum Gasteiger partial charge on any atom is -0.497 e. The van der Waals surface area contributed by atoms with Gasteiger partial charge in [0.25, 0.3) is 5.78 Å². The molecule has 0 aliphatic carbocycles. The van der Waals surface area contributed by atoms with Crippen molar-refractivity contribution in [2.24, 2.45) is 0 Å². The van der Waals surface area contributed by atoms with E-state index in [1.165, 1.54) is 11.8 Å². The zero-order chi connectivity index (χ0) is 19.6. The fraction of sp³-hybridized carbons (Fsp3) is 0.353. The number of hydrogen-bond donors (Lipinski definition) is 0. The highest BCUT2D eigenvalue weighted by Gasteiger charge is 2.18. The molecule has 10 heteroatoms. The van der Waals surface area contributed by atoms with Crippen molar-refractivity contribution in [1.82, 2.24) is 24.6 Å². The fourth-order valence-electron chi connectivity index (χ4n) is 2.37. The Bertz CT molecular complexity index is 971. The van der Waals surface area contributed by atoms with Gasteiger partial charge in [0.1, 0.15) is 5.75 Å². The minimum atomic E-state index is -0.0205. The Balaban J connectivity index is 1.88. The van der Waals surface area contributed by atoms with Gasteiger partial charge in [0.2, 0.25) is 11.9 Å². The quantitative estimate of drug-likeness (QED) is 0.443. The smallest absolute Gasteiger partial charge is 0.261 e. The molecule has 142 valence electrons. The molecule has 0 unspecified atom stereocenters. The zero-order valence-electron chi connectivity index (χ0n) is 15.9. The van der Waals surface area contributed by atoms with Crippen LogP contribution in [0.3, 0.4) is 0 Å². The molecule has 9 nitrogen and oxygen atoms in total. The van der Waals surface area contributed by atoms with E-state index in [4.69, 9.17) is 4.74 Å². The van der Waals surface area contributed by atoms with Crippen LogP contribution in [0, 0.1) is 0 Å². The van der Waals surface area contributed by atoms with Crippen molar-refractivity contribution < 1.29 is 9.53 Å². The highest BCUT2D eigenvalue weighted by Crippen LogP contribution is 2.24. The summed E-state index contributed by atoms with van der Waals surface area (Å²) in [5, 5.41) is 8.89. The van der Waals surface area contributed by atoms with E-state index in [0.717, 1.165) is 0 Å². The number of Topliss-reactive ketones (excluding diaryl/α,β-unsaturated/α-hetero) is 1. The summed E-state index contributed by atoms with van der Waals surface area (Å²) in [5.41, 5.74) is 0.592. The number of ether oxygens (including phenoxy) is 1. The van der Waals surface area contributed by atoms with E-state index in [1.54, 1.807) is 40.7 Å². The van der Waals surface area contributed by atoms with E-state index in [9.17, 15) is 4.79 Å². The maximum atomic E-state index is 12.5. The fourth-order valence-corrected chi connectivity index (χ4v) is 3.18. The van der Waals surface area contributed by atoms with Crippen LogP contribution in [-0.4, -0.2) is 71.4 Å². The Morgan fingerprint density at radius 3 is 2.59 bits per heavy atom. The number of benzene rings is 1. The number of anilines is 2. The van der Waals surface area contributed by atoms with E-state index >= 15 is 0 Å². The van der Waals surface area contributed by atoms with Crippen LogP contribution in [0.15, 0.2) is 29.4 Å². The van der Waals surface area contributed by atoms with Crippen LogP contribution in [0.25, 0.3) is 5.78 Å². The molecule has 2 aromatic heterocycles. The van der Waals surface area contributed by atoms with Crippen molar-refractivity contribution in [2.45, 2.75) is 5.16 Å². The highest BCUT2D eigenvalue weighted by atomic mass is 32.2. The van der Waals surface area contributed by atoms with E-state index in [2.05, 4.69) is 20.2 Å². The molecule has 1 aromatic carbocycles. The lowest BCUT2D eigenvalue weighted by Gasteiger charge is -2.17. The van der Waals surface area contributed by atoms with Gasteiger partial charge in [-0.15, -0.1) is 10.2 Å². The molecule has 0 spiro atoms. The van der Waals surface area contributed by atoms with Gasteiger partial charge in [0, 0.05) is 33.8 Å². The molecular formula is C17H21N7O2S. The Morgan fingerprint density at radius 1 is 1.15 bits per heavy atom. The van der Waals surface area contributed by atoms with Crippen molar-refractivity contribution in [2.75, 3.05) is 50.9 Å². The largest absolute Gasteiger partial charge is 0.497 e. The Morgan fingerprint density at radius 2 is 1.93 bits per heavy atom. The second-order valence-corrected chi connectivity index (χ2v) is 7.12. The molecule has 0 atom stereocenters. The maximum Gasteiger partial charge on any atom is 0.261 e. The monoisotopic (exact) mass is 387 g/mol. The van der Waals surface area contributed by atoms with Gasteiger partial charge in [0.15, 0.2) is 10.9 Å². The first kappa shape index (κ1) is 18.9. The topological polar surface area (TPSA) is 88.7 Å². The van der Waals surface area contributed by atoms with Gasteiger partial charge >= 0.3 is 0 Å². The van der Waals surface area contributed by atoms with Crippen molar-refractivity contribution in [3.05, 3.63) is 29.8 Å². The number of methoxy groups -OCH3 is 1. The van der Waals surface area contributed by atoms with Gasteiger partial charge in [0.05, 0.1) is 12.9 Å². The molecule has 0 saturated carbocycles. The first-order valence-electron chi connectivity index (χ1n) is 8.18. The number of hydrogen-bond acceptors (Lipinski definition) is 9. The summed E-state index contributed by atoms with van der Waals surface area (Å²) < 4.78 is 6.92. The number of carbonyl (C=O) groups is 1. The third-order valence-corrected chi connectivity index (χ3v) is 4.67. The molecule has 2 heterocycles. The van der Waals surface area contributed by atoms with E-state index < -0.39 is 0 Å². The lowest BCUT2D eigenvalue weighted by molar-refractivity contribution is 0.102. The molecular weight excluding hydrogens is 366 g/mol. The number of nitrogens with zero attached hydrogens (tertiary/aromatic N) is 7. The van der Waals surface area contributed by atoms with Crippen LogP contribution in [-0.2, 0) is 0 Å². The average Bonchev–Trinajstić information content (AvgIpc) is 3.08. The summed E-state index contributed by atoms with van der Waals surface area (Å²) in [6.45, 7) is 0. The lowest BCUT2D eigenvalue weighted by Crippen LogP contribution is -2.20. The van der Waals surface area contributed by atoms with Crippen LogP contribution < -0.4 is 14.5 Å². The molecule has 0 saturated heterocycles. The summed E-state index contributed by atoms with van der Waals surface area (Å²) >= 11 is 1.30. The standard InChI is InChI=1S/C17H21N7O2S/c1-22(2)14-18-15-20-21-17(24(15)16(19-14)23(3)4)27-10-13(25)11-7-6-8-12(9-11)26-5/h6-9H,10H2,1-5H3. The molecule has 3 rings (SSSR count). The number of fused-ring (bicyclic) bond motifs is 1. The second-order valence-electron chi connectivity index (χ2n) is 6.17. The Kier molecular flexibility index (Phi) is 5.45. The molecule has 0 fully saturated rings. The normalized spacial score (nSPS) is 10.9. The highest BCUT2D eigenvalue weighted by molar-refractivity contribution is 7.99. The van der Waals surface area contributed by atoms with Gasteiger partial charge in [-0.3, -0.25) is 4.79 Å². The predicted molar refractivity (Wildman–Crippen MR) is 105 cm³/mol. The molecule has 27 heavy (non-hydrogen) atoms. The summed E-state index contributed by atoms with van der Waals surface area (Å²) in [4.78, 5) is 25.1. The van der Waals surface area contributed by atoms with Crippen LogP contribution in [0.1, 0.15) is 10.4 Å². The van der Waals surface area contributed by atoms with Crippen molar-refractivity contribution >= 4 is 35.2 Å². The summed E-state index contributed by atoms with van der Waals surface area (Å²) in [6.07, 6.45) is 0. The van der Waals surface area contributed by atoms with E-state index in [-0.39, 0.29) is 11.5 Å². The number of thioether (sulfide) groups is 1. The molecule has 0 aliphatic heterocycles. The molecule has 0 bridgehead atoms. The van der Waals surface area contributed by atoms with Gasteiger partial charge in [-0.2, -0.15) is 9.97 Å². The molecule has 0 radical (unpaired) electrons. The number of rotatable bonds is 7. The summed E-state index contributed by atoms with van der Waals surface area (Å²) in [5.74, 6) is 2.48. The van der Waals surface area contributed by atoms with Crippen molar-refractivity contribution in [3.63, 3.8) is 0 Å². The average molecular weight is 387 g/mol. The van der Waals surface area contributed by atoms with Crippen LogP contribution in [0.5, 0.6) is 5.75 Å². The second kappa shape index (κ2) is 7.78. The molecule has 3 aromatic rings. The van der Waals surface area contributed by atoms with Crippen LogP contribution in [0.4, 0.5) is 11.9 Å². The first-order chi connectivity index (χ1) is 12.9. The van der Waals surface area contributed by atoms with Gasteiger partial charge in [-0.1, -0.05) is 23.9 Å². The Hall–Kier alpha value is -2.88. The number of ketones is 1. The SMILES string of the molecule is COc1cccc(C(=O)CSc2nnc3nc(N(C)C)nc(N(C)C)n23)c1. The van der Waals surface area contributed by atoms with Crippen LogP contribution >= 0.6 is 11.8 Å². The Labute approximate surface area is 161 Å². The van der Waals surface area contributed by atoms with Gasteiger partial charge in [-0.05, 0) is 12.1 Å². The first-order valence-corrected chi connectivity index (χ1v) is 9.17. The van der Waals surface area contributed by atoms with Crippen molar-refractivity contribution in [3.8, 4) is 5.75 Å². The molecule has 0 N–H and O–H groups in total. The predicted octanol–water partition coefficient (Wildman–Crippen LogP) is 1.63. The van der Waals surface area contributed by atoms with Gasteiger partial charge < -0.3 is 14.5 Å². The lowest BCUT2D eigenvalue weighted by atomic mass is 10.1. The van der Waals surface area contributed by atoms with E-state index in [1.807, 2.05) is 33.1 Å². The van der Waals surface area contributed by atoms with Crippen LogP contribution in [0.2, 0.25) is 0 Å². The minimum absolute atomic E-state index is 0.0205. The number of aromatic nitrogens is 5. The van der Waals surface area contributed by atoms with E-state index in [0.29, 0.717) is 34.1 Å². The third kappa shape index (κ3) is 3.95. The molecule has 0 aliphatic rings. The van der Waals surface area contributed by atoms with Crippen molar-refractivity contribution in [1.29, 1.82) is 0 Å². The van der Waals surface area contributed by atoms with Gasteiger partial charge in [-0.25, -0.2) is 4.40 Å². The summed E-state index contributed by atoms with van der Waals surface area (Å²) in [7, 11) is 9.08. The number of carbonyl (C=O) groups excluding carboxylic acids is 1. The third-order valence-electron chi connectivity index (χ3n) is 3.74. The summed E-state index contributed by atoms with van der Waals surface area (Å²) in [6, 6.07) is 7.09. The maximum absolute atomic E-state index is 12.5. The zero-order valence-corrected chi connectivity index (χ0v) is 16.7. The molecule has 0 amide bonds.